The molecule has 0 atom stereocenters. The summed E-state index contributed by atoms with van der Waals surface area (Å²) in [7, 11) is 1.50. The number of carbonyl (C=O) groups excluding carboxylic acids is 1. The number of rotatable bonds is 7. The molecule has 10 heteroatoms. The molecule has 0 aliphatic carbocycles. The number of hydrazone groups is 1. The number of hydrogen-bond donors (Lipinski definition) is 1. The maximum absolute atomic E-state index is 12.3. The number of fused-ring (bicyclic) bond motifs is 1. The Morgan fingerprint density at radius 2 is 2.14 bits per heavy atom. The fourth-order valence-electron chi connectivity index (χ4n) is 2.58. The summed E-state index contributed by atoms with van der Waals surface area (Å²) in [5.41, 5.74) is 3.02. The Kier molecular flexibility index (Phi) is 6.30. The number of ether oxygens (including phenoxy) is 2. The molecule has 1 heterocycles. The molecule has 0 radical (unpaired) electrons. The van der Waals surface area contributed by atoms with Gasteiger partial charge in [-0.3, -0.25) is 14.9 Å². The number of methoxy groups -OCH3 is 1. The van der Waals surface area contributed by atoms with Gasteiger partial charge >= 0.3 is 0 Å². The van der Waals surface area contributed by atoms with Gasteiger partial charge < -0.3 is 9.47 Å². The van der Waals surface area contributed by atoms with Crippen molar-refractivity contribution in [1.82, 2.24) is 5.43 Å². The molecule has 1 amide bonds. The zero-order valence-electron chi connectivity index (χ0n) is 15.5. The second kappa shape index (κ2) is 8.89. The third-order valence-electron chi connectivity index (χ3n) is 3.85. The highest BCUT2D eigenvalue weighted by atomic mass is 35.5. The number of nitro benzene ring substituents is 1. The van der Waals surface area contributed by atoms with E-state index in [0.29, 0.717) is 39.0 Å². The molecule has 0 aliphatic heterocycles. The van der Waals surface area contributed by atoms with Gasteiger partial charge in [-0.15, -0.1) is 11.3 Å². The molecule has 0 saturated heterocycles. The molecule has 8 nitrogen and oxygen atoms in total. The Morgan fingerprint density at radius 1 is 1.34 bits per heavy atom. The van der Waals surface area contributed by atoms with E-state index in [1.54, 1.807) is 24.3 Å². The second-order valence-electron chi connectivity index (χ2n) is 5.76. The van der Waals surface area contributed by atoms with Crippen LogP contribution in [0.1, 0.15) is 22.2 Å². The van der Waals surface area contributed by atoms with Crippen LogP contribution in [-0.4, -0.2) is 30.8 Å². The number of amides is 1. The number of nitrogens with one attached hydrogen (secondary N) is 1. The molecular formula is C19H16ClN3O5S. The largest absolute Gasteiger partial charge is 0.493 e. The van der Waals surface area contributed by atoms with Gasteiger partial charge in [-0.1, -0.05) is 11.6 Å². The number of thiophene rings is 1. The lowest BCUT2D eigenvalue weighted by molar-refractivity contribution is -0.384. The number of benzene rings is 2. The van der Waals surface area contributed by atoms with Crippen LogP contribution in [0.2, 0.25) is 5.02 Å². The van der Waals surface area contributed by atoms with Crippen molar-refractivity contribution in [2.45, 2.75) is 6.92 Å². The van der Waals surface area contributed by atoms with Crippen LogP contribution in [0.15, 0.2) is 41.5 Å². The first kappa shape index (κ1) is 20.6. The number of carbonyl (C=O) groups is 1. The van der Waals surface area contributed by atoms with Gasteiger partial charge in [0.1, 0.15) is 0 Å². The summed E-state index contributed by atoms with van der Waals surface area (Å²) in [6.07, 6.45) is 1.43. The Labute approximate surface area is 174 Å². The molecule has 0 fully saturated rings. The highest BCUT2D eigenvalue weighted by molar-refractivity contribution is 7.20. The monoisotopic (exact) mass is 433 g/mol. The van der Waals surface area contributed by atoms with Crippen LogP contribution >= 0.6 is 22.9 Å². The third-order valence-corrected chi connectivity index (χ3v) is 5.25. The second-order valence-corrected chi connectivity index (χ2v) is 7.25. The van der Waals surface area contributed by atoms with Gasteiger partial charge in [-0.2, -0.15) is 5.10 Å². The van der Waals surface area contributed by atoms with Crippen LogP contribution < -0.4 is 14.9 Å². The van der Waals surface area contributed by atoms with Gasteiger partial charge in [0.2, 0.25) is 0 Å². The lowest BCUT2D eigenvalue weighted by Gasteiger charge is -2.11. The number of nitro groups is 1. The van der Waals surface area contributed by atoms with Crippen molar-refractivity contribution in [3.63, 3.8) is 0 Å². The van der Waals surface area contributed by atoms with E-state index in [1.165, 1.54) is 36.8 Å². The highest BCUT2D eigenvalue weighted by Crippen LogP contribution is 2.36. The minimum atomic E-state index is -0.475. The molecule has 150 valence electrons. The minimum Gasteiger partial charge on any atom is -0.493 e. The van der Waals surface area contributed by atoms with E-state index in [-0.39, 0.29) is 5.69 Å². The quantitative estimate of drug-likeness (QED) is 0.332. The van der Waals surface area contributed by atoms with Crippen molar-refractivity contribution in [3.8, 4) is 11.5 Å². The third kappa shape index (κ3) is 4.64. The Bertz CT molecular complexity index is 1110. The first-order valence-corrected chi connectivity index (χ1v) is 9.64. The van der Waals surface area contributed by atoms with Gasteiger partial charge in [-0.05, 0) is 36.8 Å². The molecular weight excluding hydrogens is 418 g/mol. The van der Waals surface area contributed by atoms with E-state index in [0.717, 1.165) is 4.70 Å². The van der Waals surface area contributed by atoms with E-state index in [4.69, 9.17) is 21.1 Å². The molecule has 3 aromatic rings. The fraction of sp³-hybridized carbons (Fsp3) is 0.158. The van der Waals surface area contributed by atoms with Crippen molar-refractivity contribution < 1.29 is 19.2 Å². The molecule has 0 bridgehead atoms. The Morgan fingerprint density at radius 3 is 2.83 bits per heavy atom. The van der Waals surface area contributed by atoms with E-state index < -0.39 is 10.8 Å². The predicted molar refractivity (Wildman–Crippen MR) is 113 cm³/mol. The lowest BCUT2D eigenvalue weighted by atomic mass is 10.2. The maximum Gasteiger partial charge on any atom is 0.281 e. The van der Waals surface area contributed by atoms with Crippen LogP contribution in [-0.2, 0) is 0 Å². The fourth-order valence-corrected chi connectivity index (χ4v) is 3.78. The first-order valence-electron chi connectivity index (χ1n) is 8.44. The summed E-state index contributed by atoms with van der Waals surface area (Å²) in [6.45, 7) is 2.28. The molecule has 0 unspecified atom stereocenters. The molecule has 2 aromatic carbocycles. The molecule has 0 aliphatic rings. The van der Waals surface area contributed by atoms with Crippen molar-refractivity contribution in [3.05, 3.63) is 62.0 Å². The van der Waals surface area contributed by atoms with Crippen molar-refractivity contribution >= 4 is 50.8 Å². The van der Waals surface area contributed by atoms with Crippen LogP contribution in [0.3, 0.4) is 0 Å². The van der Waals surface area contributed by atoms with Crippen molar-refractivity contribution in [2.75, 3.05) is 13.7 Å². The minimum absolute atomic E-state index is 0.0263. The van der Waals surface area contributed by atoms with Gasteiger partial charge in [-0.25, -0.2) is 5.43 Å². The predicted octanol–water partition coefficient (Wildman–Crippen LogP) is 4.63. The van der Waals surface area contributed by atoms with Crippen molar-refractivity contribution in [1.29, 1.82) is 0 Å². The van der Waals surface area contributed by atoms with Gasteiger partial charge in [0.25, 0.3) is 11.6 Å². The molecule has 1 N–H and O–H groups in total. The zero-order chi connectivity index (χ0) is 21.0. The summed E-state index contributed by atoms with van der Waals surface area (Å²) < 4.78 is 11.5. The Hall–Kier alpha value is -3.17. The average Bonchev–Trinajstić information content (AvgIpc) is 3.13. The number of non-ortho nitro benzene ring substituents is 1. The normalized spacial score (nSPS) is 11.0. The average molecular weight is 434 g/mol. The van der Waals surface area contributed by atoms with Crippen LogP contribution in [0, 0.1) is 10.1 Å². The first-order chi connectivity index (χ1) is 13.9. The van der Waals surface area contributed by atoms with Gasteiger partial charge in [0, 0.05) is 22.2 Å². The molecule has 1 aromatic heterocycles. The summed E-state index contributed by atoms with van der Waals surface area (Å²) in [5.74, 6) is 0.476. The number of nitrogens with zero attached hydrogens (tertiary/aromatic N) is 2. The van der Waals surface area contributed by atoms with E-state index in [2.05, 4.69) is 10.5 Å². The number of hydrogen-bond acceptors (Lipinski definition) is 7. The molecule has 0 spiro atoms. The standard InChI is InChI=1S/C19H16ClN3O5S/c1-3-28-18-14(20)6-11(7-15(18)27-2)10-21-22-19(24)17-9-12-8-13(23(25)26)4-5-16(12)29-17/h4-10H,3H2,1-2H3,(H,22,24)/b21-10-. The maximum atomic E-state index is 12.3. The summed E-state index contributed by atoms with van der Waals surface area (Å²) in [5, 5.41) is 15.8. The smallest absolute Gasteiger partial charge is 0.281 e. The summed E-state index contributed by atoms with van der Waals surface area (Å²) in [6, 6.07) is 9.37. The van der Waals surface area contributed by atoms with E-state index in [1.807, 2.05) is 6.92 Å². The van der Waals surface area contributed by atoms with Crippen molar-refractivity contribution in [2.24, 2.45) is 5.10 Å². The summed E-state index contributed by atoms with van der Waals surface area (Å²) >= 11 is 7.43. The topological polar surface area (TPSA) is 103 Å². The molecule has 3 rings (SSSR count). The molecule has 29 heavy (non-hydrogen) atoms. The van der Waals surface area contributed by atoms with Crippen LogP contribution in [0.25, 0.3) is 10.1 Å². The van der Waals surface area contributed by atoms with Crippen LogP contribution in [0.4, 0.5) is 5.69 Å². The Balaban J connectivity index is 1.75. The lowest BCUT2D eigenvalue weighted by Crippen LogP contribution is -2.16. The SMILES string of the molecule is CCOc1c(Cl)cc(/C=N\NC(=O)c2cc3cc([N+](=O)[O-])ccc3s2)cc1OC. The van der Waals surface area contributed by atoms with Gasteiger partial charge in [0.15, 0.2) is 11.5 Å². The summed E-state index contributed by atoms with van der Waals surface area (Å²) in [4.78, 5) is 23.1. The zero-order valence-corrected chi connectivity index (χ0v) is 17.0. The van der Waals surface area contributed by atoms with E-state index >= 15 is 0 Å². The number of halogens is 1. The molecule has 0 saturated carbocycles. The van der Waals surface area contributed by atoms with E-state index in [9.17, 15) is 14.9 Å². The van der Waals surface area contributed by atoms with Gasteiger partial charge in [0.05, 0.1) is 34.8 Å². The van der Waals surface area contributed by atoms with Crippen LogP contribution in [0.5, 0.6) is 11.5 Å². The highest BCUT2D eigenvalue weighted by Gasteiger charge is 2.13.